The van der Waals surface area contributed by atoms with Crippen molar-refractivity contribution in [2.45, 2.75) is 18.6 Å². The summed E-state index contributed by atoms with van der Waals surface area (Å²) < 4.78 is 40.1. The number of hydrogen-bond acceptors (Lipinski definition) is 3. The van der Waals surface area contributed by atoms with Crippen LogP contribution in [0.4, 0.5) is 18.9 Å². The lowest BCUT2D eigenvalue weighted by Crippen LogP contribution is -2.33. The molecule has 1 atom stereocenters. The molecule has 0 aliphatic carbocycles. The highest BCUT2D eigenvalue weighted by Crippen LogP contribution is 2.30. The van der Waals surface area contributed by atoms with Crippen molar-refractivity contribution in [2.75, 3.05) is 5.32 Å². The SMILES string of the molecule is O=C(Nc1cc(-c2ccc(-c3ccccc3)cc2)cn(C(Cc2ccc(Cl)cc2)C(=O)O)c1=O)c1ccc(C(F)(F)F)cc1. The number of carbonyl (C=O) groups excluding carboxylic acids is 1. The van der Waals surface area contributed by atoms with E-state index in [4.69, 9.17) is 11.6 Å². The Hall–Kier alpha value is -5.15. The molecule has 0 spiro atoms. The molecule has 6 nitrogen and oxygen atoms in total. The average Bonchev–Trinajstić information content (AvgIpc) is 3.02. The Morgan fingerprint density at radius 3 is 1.93 bits per heavy atom. The molecule has 0 aliphatic rings. The summed E-state index contributed by atoms with van der Waals surface area (Å²) in [5, 5.41) is 13.1. The lowest BCUT2D eigenvalue weighted by atomic mass is 10.0. The van der Waals surface area contributed by atoms with Crippen LogP contribution in [0.15, 0.2) is 120 Å². The molecular weight excluding hydrogens is 593 g/mol. The molecule has 44 heavy (non-hydrogen) atoms. The molecule has 1 aromatic heterocycles. The van der Waals surface area contributed by atoms with E-state index in [0.717, 1.165) is 40.0 Å². The number of aliphatic carboxylic acids is 1. The van der Waals surface area contributed by atoms with Crippen LogP contribution in [0.2, 0.25) is 5.02 Å². The first-order chi connectivity index (χ1) is 21.0. The Bertz CT molecular complexity index is 1850. The molecule has 0 fully saturated rings. The number of nitrogens with one attached hydrogen (secondary N) is 1. The second kappa shape index (κ2) is 12.6. The topological polar surface area (TPSA) is 88.4 Å². The number of carboxylic acids is 1. The summed E-state index contributed by atoms with van der Waals surface area (Å²) >= 11 is 5.97. The Labute approximate surface area is 255 Å². The molecule has 1 heterocycles. The number of nitrogens with zero attached hydrogens (tertiary/aromatic N) is 1. The van der Waals surface area contributed by atoms with Crippen LogP contribution in [0.25, 0.3) is 22.3 Å². The third-order valence-electron chi connectivity index (χ3n) is 7.05. The van der Waals surface area contributed by atoms with E-state index in [1.54, 1.807) is 24.3 Å². The highest BCUT2D eigenvalue weighted by Gasteiger charge is 2.30. The van der Waals surface area contributed by atoms with Gasteiger partial charge < -0.3 is 10.4 Å². The molecule has 5 rings (SSSR count). The van der Waals surface area contributed by atoms with Crippen LogP contribution in [0.3, 0.4) is 0 Å². The molecule has 4 aromatic carbocycles. The maximum Gasteiger partial charge on any atom is 0.416 e. The third-order valence-corrected chi connectivity index (χ3v) is 7.31. The van der Waals surface area contributed by atoms with Gasteiger partial charge in [-0.2, -0.15) is 13.2 Å². The van der Waals surface area contributed by atoms with Gasteiger partial charge in [0.05, 0.1) is 5.56 Å². The number of aromatic nitrogens is 1. The molecule has 1 unspecified atom stereocenters. The Kier molecular flexibility index (Phi) is 8.69. The minimum Gasteiger partial charge on any atom is -0.480 e. The van der Waals surface area contributed by atoms with Gasteiger partial charge in [-0.25, -0.2) is 4.79 Å². The third kappa shape index (κ3) is 6.90. The van der Waals surface area contributed by atoms with E-state index in [1.165, 1.54) is 12.3 Å². The molecule has 0 saturated carbocycles. The van der Waals surface area contributed by atoms with Crippen molar-refractivity contribution in [1.29, 1.82) is 0 Å². The quantitative estimate of drug-likeness (QED) is 0.185. The van der Waals surface area contributed by atoms with Crippen molar-refractivity contribution in [2.24, 2.45) is 0 Å². The summed E-state index contributed by atoms with van der Waals surface area (Å²) in [5.41, 5.74) is 1.54. The zero-order valence-electron chi connectivity index (χ0n) is 22.9. The smallest absolute Gasteiger partial charge is 0.416 e. The highest BCUT2D eigenvalue weighted by atomic mass is 35.5. The van der Waals surface area contributed by atoms with E-state index >= 15 is 0 Å². The second-order valence-corrected chi connectivity index (χ2v) is 10.4. The summed E-state index contributed by atoms with van der Waals surface area (Å²) in [6.45, 7) is 0. The van der Waals surface area contributed by atoms with Gasteiger partial charge in [0.15, 0.2) is 0 Å². The highest BCUT2D eigenvalue weighted by molar-refractivity contribution is 6.30. The molecule has 10 heteroatoms. The summed E-state index contributed by atoms with van der Waals surface area (Å²) in [4.78, 5) is 39.2. The first-order valence-electron chi connectivity index (χ1n) is 13.4. The monoisotopic (exact) mass is 616 g/mol. The summed E-state index contributed by atoms with van der Waals surface area (Å²) in [6.07, 6.45) is -3.22. The molecule has 0 bridgehead atoms. The van der Waals surface area contributed by atoms with Gasteiger partial charge >= 0.3 is 12.1 Å². The first-order valence-corrected chi connectivity index (χ1v) is 13.8. The van der Waals surface area contributed by atoms with E-state index in [0.29, 0.717) is 21.7 Å². The van der Waals surface area contributed by atoms with Gasteiger partial charge in [-0.15, -0.1) is 0 Å². The number of hydrogen-bond donors (Lipinski definition) is 2. The number of rotatable bonds is 8. The fourth-order valence-corrected chi connectivity index (χ4v) is 4.85. The molecule has 0 saturated heterocycles. The second-order valence-electron chi connectivity index (χ2n) is 10.0. The van der Waals surface area contributed by atoms with Crippen molar-refractivity contribution >= 4 is 29.2 Å². The number of anilines is 1. The number of benzene rings is 4. The van der Waals surface area contributed by atoms with Gasteiger partial charge in [0.2, 0.25) is 0 Å². The average molecular weight is 617 g/mol. The van der Waals surface area contributed by atoms with Gasteiger partial charge in [0.1, 0.15) is 11.7 Å². The normalized spacial score (nSPS) is 12.0. The van der Waals surface area contributed by atoms with E-state index in [9.17, 15) is 32.7 Å². The lowest BCUT2D eigenvalue weighted by molar-refractivity contribution is -0.141. The van der Waals surface area contributed by atoms with Crippen LogP contribution in [0, 0.1) is 0 Å². The van der Waals surface area contributed by atoms with Crippen LogP contribution in [-0.2, 0) is 17.4 Å². The summed E-state index contributed by atoms with van der Waals surface area (Å²) in [5.74, 6) is -2.11. The molecular formula is C34H24ClF3N2O4. The molecule has 0 radical (unpaired) electrons. The predicted octanol–water partition coefficient (Wildman–Crippen LogP) is 7.98. The van der Waals surface area contributed by atoms with Gasteiger partial charge in [0, 0.05) is 28.8 Å². The van der Waals surface area contributed by atoms with Crippen LogP contribution < -0.4 is 10.9 Å². The minimum absolute atomic E-state index is 0.0604. The van der Waals surface area contributed by atoms with Crippen molar-refractivity contribution in [3.05, 3.63) is 147 Å². The number of carboxylic acid groups (broad SMARTS) is 1. The van der Waals surface area contributed by atoms with Crippen molar-refractivity contribution in [3.8, 4) is 22.3 Å². The maximum atomic E-state index is 13.6. The van der Waals surface area contributed by atoms with Gasteiger partial charge in [-0.05, 0) is 64.7 Å². The Morgan fingerprint density at radius 2 is 1.36 bits per heavy atom. The molecule has 2 N–H and O–H groups in total. The van der Waals surface area contributed by atoms with Gasteiger partial charge in [0.25, 0.3) is 11.5 Å². The van der Waals surface area contributed by atoms with Crippen LogP contribution in [0.5, 0.6) is 0 Å². The van der Waals surface area contributed by atoms with Gasteiger partial charge in [-0.1, -0.05) is 78.3 Å². The minimum atomic E-state index is -4.58. The largest absolute Gasteiger partial charge is 0.480 e. The van der Waals surface area contributed by atoms with Crippen molar-refractivity contribution < 1.29 is 27.9 Å². The number of carbonyl (C=O) groups is 2. The standard InChI is InChI=1S/C34H24ClF3N2O4/c35-28-16-6-21(7-17-28)18-30(33(43)44)40-20-26(24-10-8-23(9-11-24)22-4-2-1-3-5-22)19-29(32(40)42)39-31(41)25-12-14-27(15-13-25)34(36,37)38/h1-17,19-20,30H,18H2,(H,39,41)(H,43,44). The lowest BCUT2D eigenvalue weighted by Gasteiger charge is -2.19. The maximum absolute atomic E-state index is 13.6. The zero-order valence-corrected chi connectivity index (χ0v) is 23.6. The zero-order chi connectivity index (χ0) is 31.4. The fourth-order valence-electron chi connectivity index (χ4n) is 4.72. The fraction of sp³-hybridized carbons (Fsp3) is 0.0882. The van der Waals surface area contributed by atoms with Crippen LogP contribution in [-0.4, -0.2) is 21.6 Å². The van der Waals surface area contributed by atoms with E-state index < -0.39 is 35.2 Å². The van der Waals surface area contributed by atoms with Crippen LogP contribution >= 0.6 is 11.6 Å². The van der Waals surface area contributed by atoms with E-state index in [1.807, 2.05) is 54.6 Å². The predicted molar refractivity (Wildman–Crippen MR) is 163 cm³/mol. The Balaban J connectivity index is 1.56. The number of halogens is 4. The van der Waals surface area contributed by atoms with Crippen molar-refractivity contribution in [3.63, 3.8) is 0 Å². The number of amides is 1. The number of alkyl halides is 3. The first kappa shape index (κ1) is 30.3. The molecule has 222 valence electrons. The molecule has 5 aromatic rings. The van der Waals surface area contributed by atoms with E-state index in [2.05, 4.69) is 5.32 Å². The summed E-state index contributed by atoms with van der Waals surface area (Å²) in [6, 6.07) is 27.2. The van der Waals surface area contributed by atoms with Gasteiger partial charge in [-0.3, -0.25) is 14.2 Å². The van der Waals surface area contributed by atoms with Crippen molar-refractivity contribution in [1.82, 2.24) is 4.57 Å². The Morgan fingerprint density at radius 1 is 0.795 bits per heavy atom. The number of pyridine rings is 1. The van der Waals surface area contributed by atoms with Crippen LogP contribution in [0.1, 0.15) is 27.5 Å². The summed E-state index contributed by atoms with van der Waals surface area (Å²) in [7, 11) is 0. The molecule has 0 aliphatic heterocycles. The molecule has 1 amide bonds. The van der Waals surface area contributed by atoms with E-state index in [-0.39, 0.29) is 17.7 Å².